The molecule has 0 aliphatic rings. The van der Waals surface area contributed by atoms with E-state index in [1.807, 2.05) is 0 Å². The number of aliphatic hydroxyl groups is 1. The van der Waals surface area contributed by atoms with Crippen LogP contribution in [0.3, 0.4) is 0 Å². The van der Waals surface area contributed by atoms with Gasteiger partial charge >= 0.3 is 6.18 Å². The molecule has 0 aliphatic carbocycles. The third-order valence-electron chi connectivity index (χ3n) is 2.68. The third-order valence-corrected chi connectivity index (χ3v) is 4.39. The van der Waals surface area contributed by atoms with Gasteiger partial charge in [-0.25, -0.2) is 0 Å². The number of hydrogen-bond acceptors (Lipinski definition) is 2. The average Bonchev–Trinajstić information content (AvgIpc) is 2.69. The fourth-order valence-corrected chi connectivity index (χ4v) is 2.33. The van der Waals surface area contributed by atoms with Gasteiger partial charge in [-0.05, 0) is 49.6 Å². The van der Waals surface area contributed by atoms with Gasteiger partial charge in [0.1, 0.15) is 11.9 Å². The van der Waals surface area contributed by atoms with E-state index >= 15 is 0 Å². The van der Waals surface area contributed by atoms with Gasteiger partial charge in [-0.15, -0.1) is 0 Å². The number of aliphatic hydroxyl groups excluding tert-OH is 1. The van der Waals surface area contributed by atoms with Crippen LogP contribution in [0.1, 0.15) is 23.0 Å². The molecule has 20 heavy (non-hydrogen) atoms. The molecule has 0 saturated carbocycles. The van der Waals surface area contributed by atoms with Crippen LogP contribution < -0.4 is 0 Å². The zero-order valence-electron chi connectivity index (χ0n) is 9.92. The highest BCUT2D eigenvalue weighted by atomic mass is 79.9. The minimum Gasteiger partial charge on any atom is -0.450 e. The molecule has 0 aliphatic heterocycles. The Labute approximate surface area is 129 Å². The maximum Gasteiger partial charge on any atom is 0.416 e. The fourth-order valence-electron chi connectivity index (χ4n) is 1.73. The molecule has 0 saturated heterocycles. The molecule has 0 amide bonds. The molecule has 1 aromatic carbocycles. The predicted molar refractivity (Wildman–Crippen MR) is 74.2 cm³/mol. The van der Waals surface area contributed by atoms with E-state index in [9.17, 15) is 18.3 Å². The number of furan rings is 1. The van der Waals surface area contributed by atoms with Crippen LogP contribution in [0.25, 0.3) is 0 Å². The number of benzene rings is 1. The second kappa shape index (κ2) is 5.91. The van der Waals surface area contributed by atoms with E-state index in [1.165, 1.54) is 12.1 Å². The monoisotopic (exact) mass is 412 g/mol. The summed E-state index contributed by atoms with van der Waals surface area (Å²) in [6.07, 6.45) is -5.37. The lowest BCUT2D eigenvalue weighted by Gasteiger charge is -2.11. The summed E-state index contributed by atoms with van der Waals surface area (Å²) in [7, 11) is 0. The molecule has 0 radical (unpaired) electrons. The average molecular weight is 414 g/mol. The lowest BCUT2D eigenvalue weighted by atomic mass is 10.0. The first kappa shape index (κ1) is 15.6. The highest BCUT2D eigenvalue weighted by Crippen LogP contribution is 2.33. The van der Waals surface area contributed by atoms with Crippen LogP contribution in [-0.4, -0.2) is 5.11 Å². The molecule has 7 heteroatoms. The van der Waals surface area contributed by atoms with Gasteiger partial charge in [0.25, 0.3) is 0 Å². The van der Waals surface area contributed by atoms with Crippen LogP contribution >= 0.6 is 31.9 Å². The molecule has 2 nitrogen and oxygen atoms in total. The number of alkyl halides is 3. The third kappa shape index (κ3) is 3.65. The molecule has 1 atom stereocenters. The van der Waals surface area contributed by atoms with E-state index in [1.54, 1.807) is 6.07 Å². The summed E-state index contributed by atoms with van der Waals surface area (Å²) in [4.78, 5) is 0. The molecule has 0 spiro atoms. The van der Waals surface area contributed by atoms with Crippen molar-refractivity contribution in [2.24, 2.45) is 0 Å². The second-order valence-electron chi connectivity index (χ2n) is 4.19. The molecule has 0 bridgehead atoms. The fraction of sp³-hybridized carbons (Fsp3) is 0.231. The predicted octanol–water partition coefficient (Wildman–Crippen LogP) is 5.10. The van der Waals surface area contributed by atoms with Gasteiger partial charge in [-0.1, -0.05) is 18.2 Å². The van der Waals surface area contributed by atoms with Crippen LogP contribution in [0, 0.1) is 0 Å². The van der Waals surface area contributed by atoms with Crippen molar-refractivity contribution in [1.82, 2.24) is 0 Å². The summed E-state index contributed by atoms with van der Waals surface area (Å²) in [5, 5.41) is 9.99. The Hall–Kier alpha value is -0.790. The lowest BCUT2D eigenvalue weighted by Crippen LogP contribution is -2.07. The molecule has 0 fully saturated rings. The molecule has 1 N–H and O–H groups in total. The molecular weight excluding hydrogens is 405 g/mol. The molecule has 1 heterocycles. The summed E-state index contributed by atoms with van der Waals surface area (Å²) in [5.74, 6) is 0.279. The largest absolute Gasteiger partial charge is 0.450 e. The normalized spacial score (nSPS) is 13.5. The van der Waals surface area contributed by atoms with Gasteiger partial charge in [-0.3, -0.25) is 0 Å². The van der Waals surface area contributed by atoms with E-state index in [0.717, 1.165) is 12.1 Å². The molecular formula is C13H9Br2F3O2. The Morgan fingerprint density at radius 1 is 1.20 bits per heavy atom. The van der Waals surface area contributed by atoms with E-state index in [4.69, 9.17) is 4.42 Å². The first-order chi connectivity index (χ1) is 9.27. The Bertz CT molecular complexity index is 588. The number of hydrogen-bond donors (Lipinski definition) is 1. The summed E-state index contributed by atoms with van der Waals surface area (Å²) in [6.45, 7) is 0. The van der Waals surface area contributed by atoms with E-state index in [2.05, 4.69) is 31.9 Å². The van der Waals surface area contributed by atoms with Gasteiger partial charge in [-0.2, -0.15) is 13.2 Å². The van der Waals surface area contributed by atoms with E-state index < -0.39 is 17.8 Å². The Morgan fingerprint density at radius 3 is 2.45 bits per heavy atom. The maximum absolute atomic E-state index is 12.6. The van der Waals surface area contributed by atoms with Gasteiger partial charge in [0.15, 0.2) is 4.67 Å². The standard InChI is InChI=1S/C13H9Br2F3O2/c14-9-6-11(20-12(9)15)10(19)5-7-2-1-3-8(4-7)13(16,17)18/h1-4,6,10,19H,5H2. The van der Waals surface area contributed by atoms with Crippen LogP contribution in [-0.2, 0) is 12.6 Å². The van der Waals surface area contributed by atoms with Crippen molar-refractivity contribution in [3.8, 4) is 0 Å². The van der Waals surface area contributed by atoms with Gasteiger partial charge in [0, 0.05) is 6.42 Å². The zero-order valence-corrected chi connectivity index (χ0v) is 13.1. The van der Waals surface area contributed by atoms with E-state index in [-0.39, 0.29) is 12.2 Å². The van der Waals surface area contributed by atoms with Crippen molar-refractivity contribution in [3.63, 3.8) is 0 Å². The summed E-state index contributed by atoms with van der Waals surface area (Å²) in [6, 6.07) is 6.44. The molecule has 2 rings (SSSR count). The first-order valence-electron chi connectivity index (χ1n) is 5.56. The van der Waals surface area contributed by atoms with Gasteiger partial charge in [0.2, 0.25) is 0 Å². The number of rotatable bonds is 3. The molecule has 1 unspecified atom stereocenters. The quantitative estimate of drug-likeness (QED) is 0.759. The van der Waals surface area contributed by atoms with Crippen molar-refractivity contribution in [1.29, 1.82) is 0 Å². The van der Waals surface area contributed by atoms with Crippen LogP contribution in [0.4, 0.5) is 13.2 Å². The maximum atomic E-state index is 12.6. The SMILES string of the molecule is OC(Cc1cccc(C(F)(F)F)c1)c1cc(Br)c(Br)o1. The van der Waals surface area contributed by atoms with Crippen molar-refractivity contribution in [2.75, 3.05) is 0 Å². The first-order valence-corrected chi connectivity index (χ1v) is 7.15. The van der Waals surface area contributed by atoms with E-state index in [0.29, 0.717) is 14.7 Å². The van der Waals surface area contributed by atoms with Gasteiger partial charge < -0.3 is 9.52 Å². The lowest BCUT2D eigenvalue weighted by molar-refractivity contribution is -0.137. The summed E-state index contributed by atoms with van der Waals surface area (Å²) >= 11 is 6.34. The smallest absolute Gasteiger partial charge is 0.416 e. The zero-order chi connectivity index (χ0) is 14.9. The van der Waals surface area contributed by atoms with Crippen molar-refractivity contribution >= 4 is 31.9 Å². The topological polar surface area (TPSA) is 33.4 Å². The van der Waals surface area contributed by atoms with Crippen molar-refractivity contribution in [3.05, 3.63) is 56.4 Å². The second-order valence-corrected chi connectivity index (χ2v) is 5.76. The highest BCUT2D eigenvalue weighted by molar-refractivity contribution is 9.13. The highest BCUT2D eigenvalue weighted by Gasteiger charge is 2.30. The van der Waals surface area contributed by atoms with Crippen molar-refractivity contribution in [2.45, 2.75) is 18.7 Å². The Morgan fingerprint density at radius 2 is 1.90 bits per heavy atom. The molecule has 1 aromatic heterocycles. The van der Waals surface area contributed by atoms with Crippen LogP contribution in [0.5, 0.6) is 0 Å². The minimum absolute atomic E-state index is 0.0380. The van der Waals surface area contributed by atoms with Crippen LogP contribution in [0.2, 0.25) is 0 Å². The molecule has 108 valence electrons. The minimum atomic E-state index is -4.39. The number of halogens is 5. The Balaban J connectivity index is 2.17. The molecule has 2 aromatic rings. The van der Waals surface area contributed by atoms with Gasteiger partial charge in [0.05, 0.1) is 10.0 Å². The summed E-state index contributed by atoms with van der Waals surface area (Å²) in [5.41, 5.74) is -0.347. The Kier molecular flexibility index (Phi) is 4.61. The summed E-state index contributed by atoms with van der Waals surface area (Å²) < 4.78 is 44.1. The van der Waals surface area contributed by atoms with Crippen molar-refractivity contribution < 1.29 is 22.7 Å². The van der Waals surface area contributed by atoms with Crippen LogP contribution in [0.15, 0.2) is 43.9 Å².